The van der Waals surface area contributed by atoms with Crippen LogP contribution in [0.25, 0.3) is 0 Å². The molecule has 0 bridgehead atoms. The number of para-hydroxylation sites is 1. The lowest BCUT2D eigenvalue weighted by atomic mass is 10.1. The number of rotatable bonds is 7. The highest BCUT2D eigenvalue weighted by atomic mass is 16.6. The van der Waals surface area contributed by atoms with E-state index in [1.165, 1.54) is 0 Å². The molecule has 1 aromatic rings. The van der Waals surface area contributed by atoms with Crippen LogP contribution >= 0.6 is 0 Å². The van der Waals surface area contributed by atoms with Gasteiger partial charge in [-0.05, 0) is 19.5 Å². The third-order valence-electron chi connectivity index (χ3n) is 3.10. The molecular formula is C15H23NO3. The summed E-state index contributed by atoms with van der Waals surface area (Å²) in [5.41, 5.74) is 1.14. The molecule has 1 unspecified atom stereocenters. The first-order chi connectivity index (χ1) is 9.35. The summed E-state index contributed by atoms with van der Waals surface area (Å²) in [5, 5.41) is 3.33. The van der Waals surface area contributed by atoms with Crippen LogP contribution in [0.2, 0.25) is 0 Å². The summed E-state index contributed by atoms with van der Waals surface area (Å²) in [4.78, 5) is 0. The van der Waals surface area contributed by atoms with Crippen molar-refractivity contribution in [1.82, 2.24) is 5.32 Å². The maximum Gasteiger partial charge on any atom is 0.166 e. The Morgan fingerprint density at radius 2 is 2.26 bits per heavy atom. The van der Waals surface area contributed by atoms with Gasteiger partial charge in [-0.25, -0.2) is 0 Å². The predicted octanol–water partition coefficient (Wildman–Crippen LogP) is 2.36. The van der Waals surface area contributed by atoms with Gasteiger partial charge < -0.3 is 19.5 Å². The summed E-state index contributed by atoms with van der Waals surface area (Å²) >= 11 is 0. The van der Waals surface area contributed by atoms with Gasteiger partial charge in [0.05, 0.1) is 19.8 Å². The van der Waals surface area contributed by atoms with Crippen molar-refractivity contribution in [2.45, 2.75) is 32.9 Å². The van der Waals surface area contributed by atoms with E-state index >= 15 is 0 Å². The van der Waals surface area contributed by atoms with Crippen molar-refractivity contribution < 1.29 is 14.2 Å². The van der Waals surface area contributed by atoms with E-state index in [9.17, 15) is 0 Å². The minimum absolute atomic E-state index is 0.141. The Kier molecular flexibility index (Phi) is 5.48. The zero-order valence-electron chi connectivity index (χ0n) is 11.8. The summed E-state index contributed by atoms with van der Waals surface area (Å²) in [6.07, 6.45) is 1.09. The van der Waals surface area contributed by atoms with Crippen LogP contribution < -0.4 is 14.8 Å². The molecule has 1 aliphatic rings. The van der Waals surface area contributed by atoms with E-state index in [1.807, 2.05) is 19.1 Å². The number of benzene rings is 1. The molecule has 0 aromatic heterocycles. The Balaban J connectivity index is 2.17. The van der Waals surface area contributed by atoms with Crippen molar-refractivity contribution in [3.05, 3.63) is 23.8 Å². The van der Waals surface area contributed by atoms with Gasteiger partial charge in [0.25, 0.3) is 0 Å². The van der Waals surface area contributed by atoms with E-state index in [-0.39, 0.29) is 6.10 Å². The zero-order valence-corrected chi connectivity index (χ0v) is 11.8. The van der Waals surface area contributed by atoms with Gasteiger partial charge in [0, 0.05) is 18.5 Å². The van der Waals surface area contributed by atoms with Gasteiger partial charge in [-0.3, -0.25) is 0 Å². The Morgan fingerprint density at radius 3 is 2.95 bits per heavy atom. The summed E-state index contributed by atoms with van der Waals surface area (Å²) in [5.74, 6) is 1.69. The van der Waals surface area contributed by atoms with Crippen LogP contribution in [-0.4, -0.2) is 32.5 Å². The van der Waals surface area contributed by atoms with Crippen molar-refractivity contribution >= 4 is 0 Å². The van der Waals surface area contributed by atoms with Crippen LogP contribution in [0.4, 0.5) is 0 Å². The molecular weight excluding hydrogens is 242 g/mol. The van der Waals surface area contributed by atoms with Crippen molar-refractivity contribution in [2.24, 2.45) is 0 Å². The highest BCUT2D eigenvalue weighted by Gasteiger charge is 2.21. The average molecular weight is 265 g/mol. The fraction of sp³-hybridized carbons (Fsp3) is 0.600. The van der Waals surface area contributed by atoms with Gasteiger partial charge in [-0.15, -0.1) is 0 Å². The van der Waals surface area contributed by atoms with Crippen LogP contribution in [0, 0.1) is 0 Å². The molecule has 1 saturated heterocycles. The van der Waals surface area contributed by atoms with Crippen LogP contribution in [0.1, 0.15) is 25.8 Å². The zero-order chi connectivity index (χ0) is 13.5. The molecule has 1 aromatic carbocycles. The summed E-state index contributed by atoms with van der Waals surface area (Å²) in [6, 6.07) is 6.05. The molecule has 1 N–H and O–H groups in total. The first kappa shape index (κ1) is 14.2. The molecule has 0 saturated carbocycles. The summed E-state index contributed by atoms with van der Waals surface area (Å²) < 4.78 is 17.1. The van der Waals surface area contributed by atoms with Gasteiger partial charge in [-0.1, -0.05) is 19.1 Å². The van der Waals surface area contributed by atoms with E-state index < -0.39 is 0 Å². The maximum atomic E-state index is 6.10. The Bertz CT molecular complexity index is 389. The smallest absolute Gasteiger partial charge is 0.166 e. The van der Waals surface area contributed by atoms with E-state index in [1.54, 1.807) is 0 Å². The fourth-order valence-corrected chi connectivity index (χ4v) is 2.14. The quantitative estimate of drug-likeness (QED) is 0.821. The monoisotopic (exact) mass is 265 g/mol. The predicted molar refractivity (Wildman–Crippen MR) is 74.8 cm³/mol. The van der Waals surface area contributed by atoms with Gasteiger partial charge in [0.15, 0.2) is 11.5 Å². The van der Waals surface area contributed by atoms with Crippen LogP contribution in [0.5, 0.6) is 11.5 Å². The van der Waals surface area contributed by atoms with E-state index in [2.05, 4.69) is 18.3 Å². The molecule has 1 fully saturated rings. The lowest BCUT2D eigenvalue weighted by Gasteiger charge is -2.19. The molecule has 4 heteroatoms. The lowest BCUT2D eigenvalue weighted by molar-refractivity contribution is 0.137. The average Bonchev–Trinajstić information content (AvgIpc) is 2.92. The first-order valence-corrected chi connectivity index (χ1v) is 7.05. The van der Waals surface area contributed by atoms with Gasteiger partial charge in [-0.2, -0.15) is 0 Å². The molecule has 106 valence electrons. The number of hydrogen-bond acceptors (Lipinski definition) is 4. The van der Waals surface area contributed by atoms with Crippen molar-refractivity contribution in [1.29, 1.82) is 0 Å². The van der Waals surface area contributed by atoms with Gasteiger partial charge in [0.2, 0.25) is 0 Å². The Hall–Kier alpha value is -1.26. The molecule has 19 heavy (non-hydrogen) atoms. The second-order valence-corrected chi connectivity index (χ2v) is 4.56. The van der Waals surface area contributed by atoms with E-state index in [0.29, 0.717) is 13.2 Å². The molecule has 0 radical (unpaired) electrons. The number of nitrogens with one attached hydrogen (secondary N) is 1. The second kappa shape index (κ2) is 7.36. The van der Waals surface area contributed by atoms with Gasteiger partial charge >= 0.3 is 0 Å². The Labute approximate surface area is 115 Å². The molecule has 4 nitrogen and oxygen atoms in total. The normalized spacial score (nSPS) is 18.5. The van der Waals surface area contributed by atoms with E-state index in [0.717, 1.165) is 43.2 Å². The SMILES string of the molecule is CCNCc1cccc(OCC)c1OC1CCOC1. The van der Waals surface area contributed by atoms with Crippen molar-refractivity contribution in [3.8, 4) is 11.5 Å². The Morgan fingerprint density at radius 1 is 1.37 bits per heavy atom. The minimum atomic E-state index is 0.141. The maximum absolute atomic E-state index is 6.10. The standard InChI is InChI=1S/C15H23NO3/c1-3-16-10-12-6-5-7-14(18-4-2)15(12)19-13-8-9-17-11-13/h5-7,13,16H,3-4,8-11H2,1-2H3. The van der Waals surface area contributed by atoms with Crippen molar-refractivity contribution in [3.63, 3.8) is 0 Å². The minimum Gasteiger partial charge on any atom is -0.490 e. The molecule has 1 heterocycles. The van der Waals surface area contributed by atoms with Gasteiger partial charge in [0.1, 0.15) is 6.10 Å². The van der Waals surface area contributed by atoms with Crippen molar-refractivity contribution in [2.75, 3.05) is 26.4 Å². The topological polar surface area (TPSA) is 39.7 Å². The molecule has 2 rings (SSSR count). The molecule has 0 amide bonds. The van der Waals surface area contributed by atoms with E-state index in [4.69, 9.17) is 14.2 Å². The second-order valence-electron chi connectivity index (χ2n) is 4.56. The summed E-state index contributed by atoms with van der Waals surface area (Å²) in [6.45, 7) is 7.90. The molecule has 1 aliphatic heterocycles. The van der Waals surface area contributed by atoms with Crippen LogP contribution in [-0.2, 0) is 11.3 Å². The largest absolute Gasteiger partial charge is 0.490 e. The third-order valence-corrected chi connectivity index (χ3v) is 3.10. The number of hydrogen-bond donors (Lipinski definition) is 1. The highest BCUT2D eigenvalue weighted by Crippen LogP contribution is 2.33. The molecule has 1 atom stereocenters. The van der Waals surface area contributed by atoms with Crippen LogP contribution in [0.15, 0.2) is 18.2 Å². The third kappa shape index (κ3) is 3.85. The lowest BCUT2D eigenvalue weighted by Crippen LogP contribution is -2.19. The molecule has 0 aliphatic carbocycles. The fourth-order valence-electron chi connectivity index (χ4n) is 2.14. The first-order valence-electron chi connectivity index (χ1n) is 7.05. The highest BCUT2D eigenvalue weighted by molar-refractivity contribution is 5.46. The van der Waals surface area contributed by atoms with Crippen LogP contribution in [0.3, 0.4) is 0 Å². The summed E-state index contributed by atoms with van der Waals surface area (Å²) in [7, 11) is 0. The number of ether oxygens (including phenoxy) is 3. The molecule has 0 spiro atoms.